The van der Waals surface area contributed by atoms with Gasteiger partial charge in [0.1, 0.15) is 4.90 Å². The largest absolute Gasteiger partial charge is 0.383 e. The van der Waals surface area contributed by atoms with E-state index in [1.165, 1.54) is 30.9 Å². The molecule has 3 N–H and O–H groups in total. The van der Waals surface area contributed by atoms with Crippen molar-refractivity contribution < 1.29 is 13.2 Å². The van der Waals surface area contributed by atoms with Gasteiger partial charge in [-0.15, -0.1) is 0 Å². The van der Waals surface area contributed by atoms with Gasteiger partial charge in [0.2, 0.25) is 16.0 Å². The van der Waals surface area contributed by atoms with E-state index in [1.807, 2.05) is 0 Å². The van der Waals surface area contributed by atoms with Crippen LogP contribution < -0.4 is 11.3 Å². The van der Waals surface area contributed by atoms with E-state index in [-0.39, 0.29) is 17.4 Å². The highest BCUT2D eigenvalue weighted by atomic mass is 32.2. The molecule has 9 heteroatoms. The fraction of sp³-hybridized carbons (Fsp3) is 0.500. The number of hydrogen-bond acceptors (Lipinski definition) is 7. The van der Waals surface area contributed by atoms with Gasteiger partial charge in [0.05, 0.1) is 19.0 Å². The summed E-state index contributed by atoms with van der Waals surface area (Å²) < 4.78 is 29.9. The van der Waals surface area contributed by atoms with Crippen molar-refractivity contribution in [3.05, 3.63) is 12.4 Å². The van der Waals surface area contributed by atoms with E-state index in [2.05, 4.69) is 15.4 Å². The van der Waals surface area contributed by atoms with Crippen LogP contribution in [0, 0.1) is 0 Å². The lowest BCUT2D eigenvalue weighted by Gasteiger charge is -2.16. The first-order valence-corrected chi connectivity index (χ1v) is 6.20. The molecule has 96 valence electrons. The van der Waals surface area contributed by atoms with Gasteiger partial charge >= 0.3 is 0 Å². The van der Waals surface area contributed by atoms with Crippen molar-refractivity contribution in [2.24, 2.45) is 5.84 Å². The summed E-state index contributed by atoms with van der Waals surface area (Å²) in [5.41, 5.74) is 2.22. The zero-order chi connectivity index (χ0) is 12.9. The van der Waals surface area contributed by atoms with Crippen LogP contribution in [0.25, 0.3) is 0 Å². The number of nitrogens with two attached hydrogens (primary N) is 1. The van der Waals surface area contributed by atoms with Gasteiger partial charge < -0.3 is 4.74 Å². The Labute approximate surface area is 99.8 Å². The summed E-state index contributed by atoms with van der Waals surface area (Å²) >= 11 is 0. The van der Waals surface area contributed by atoms with E-state index in [0.717, 1.165) is 0 Å². The summed E-state index contributed by atoms with van der Waals surface area (Å²) in [6.45, 7) is 0.578. The number of sulfonamides is 1. The average molecular weight is 261 g/mol. The monoisotopic (exact) mass is 261 g/mol. The predicted octanol–water partition coefficient (Wildman–Crippen LogP) is -0.971. The molecule has 8 nitrogen and oxygen atoms in total. The summed E-state index contributed by atoms with van der Waals surface area (Å²) in [4.78, 5) is 7.49. The van der Waals surface area contributed by atoms with Crippen LogP contribution in [0.15, 0.2) is 17.3 Å². The molecule has 0 amide bonds. The van der Waals surface area contributed by atoms with Crippen LogP contribution in [-0.4, -0.2) is 50.0 Å². The Morgan fingerprint density at radius 1 is 1.47 bits per heavy atom. The highest BCUT2D eigenvalue weighted by Crippen LogP contribution is 2.12. The Morgan fingerprint density at radius 3 is 2.53 bits per heavy atom. The first-order valence-electron chi connectivity index (χ1n) is 4.76. The van der Waals surface area contributed by atoms with Crippen LogP contribution in [0.2, 0.25) is 0 Å². The third-order valence-electron chi connectivity index (χ3n) is 2.08. The van der Waals surface area contributed by atoms with Crippen molar-refractivity contribution in [3.63, 3.8) is 0 Å². The SMILES string of the molecule is COCCN(C)S(=O)(=O)c1cnc(NN)nc1. The van der Waals surface area contributed by atoms with Crippen LogP contribution >= 0.6 is 0 Å². The number of aromatic nitrogens is 2. The molecule has 1 rings (SSSR count). The van der Waals surface area contributed by atoms with E-state index < -0.39 is 10.0 Å². The van der Waals surface area contributed by atoms with Crippen molar-refractivity contribution >= 4 is 16.0 Å². The number of ether oxygens (including phenoxy) is 1. The van der Waals surface area contributed by atoms with Gasteiger partial charge in [-0.2, -0.15) is 4.31 Å². The number of nitrogen functional groups attached to an aromatic ring is 1. The van der Waals surface area contributed by atoms with Crippen molar-refractivity contribution in [3.8, 4) is 0 Å². The molecule has 1 heterocycles. The lowest BCUT2D eigenvalue weighted by atomic mass is 10.7. The topological polar surface area (TPSA) is 110 Å². The summed E-state index contributed by atoms with van der Waals surface area (Å²) in [5, 5.41) is 0. The van der Waals surface area contributed by atoms with Crippen molar-refractivity contribution in [1.82, 2.24) is 14.3 Å². The lowest BCUT2D eigenvalue weighted by Crippen LogP contribution is -2.30. The minimum Gasteiger partial charge on any atom is -0.383 e. The Hall–Kier alpha value is -1.29. The third kappa shape index (κ3) is 3.33. The number of anilines is 1. The lowest BCUT2D eigenvalue weighted by molar-refractivity contribution is 0.185. The maximum atomic E-state index is 12.0. The van der Waals surface area contributed by atoms with Crippen molar-refractivity contribution in [2.45, 2.75) is 4.90 Å². The number of nitrogens with one attached hydrogen (secondary N) is 1. The Morgan fingerprint density at radius 2 is 2.06 bits per heavy atom. The summed E-state index contributed by atoms with van der Waals surface area (Å²) in [5.74, 6) is 5.24. The van der Waals surface area contributed by atoms with Crippen LogP contribution in [0.5, 0.6) is 0 Å². The molecule has 1 aromatic heterocycles. The number of hydrazine groups is 1. The highest BCUT2D eigenvalue weighted by molar-refractivity contribution is 7.89. The van der Waals surface area contributed by atoms with Crippen LogP contribution in [0.3, 0.4) is 0 Å². The second-order valence-electron chi connectivity index (χ2n) is 3.21. The molecule has 0 radical (unpaired) electrons. The highest BCUT2D eigenvalue weighted by Gasteiger charge is 2.21. The van der Waals surface area contributed by atoms with Gasteiger partial charge in [-0.05, 0) is 0 Å². The van der Waals surface area contributed by atoms with E-state index in [0.29, 0.717) is 6.61 Å². The molecule has 1 aromatic rings. The van der Waals surface area contributed by atoms with Crippen LogP contribution in [0.1, 0.15) is 0 Å². The molecule has 0 fully saturated rings. The van der Waals surface area contributed by atoms with E-state index >= 15 is 0 Å². The molecule has 0 aliphatic heterocycles. The van der Waals surface area contributed by atoms with E-state index in [9.17, 15) is 8.42 Å². The normalized spacial score (nSPS) is 11.8. The molecule has 0 saturated heterocycles. The zero-order valence-electron chi connectivity index (χ0n) is 9.62. The van der Waals surface area contributed by atoms with Gasteiger partial charge in [0, 0.05) is 20.7 Å². The number of likely N-dealkylation sites (N-methyl/N-ethyl adjacent to an activating group) is 1. The summed E-state index contributed by atoms with van der Waals surface area (Å²) in [6, 6.07) is 0. The molecule has 17 heavy (non-hydrogen) atoms. The Balaban J connectivity index is 2.88. The average Bonchev–Trinajstić information content (AvgIpc) is 2.35. The smallest absolute Gasteiger partial charge is 0.245 e. The van der Waals surface area contributed by atoms with Crippen LogP contribution in [-0.2, 0) is 14.8 Å². The van der Waals surface area contributed by atoms with E-state index in [1.54, 1.807) is 0 Å². The molecule has 0 bridgehead atoms. The second kappa shape index (κ2) is 5.87. The maximum Gasteiger partial charge on any atom is 0.245 e. The van der Waals surface area contributed by atoms with Gasteiger partial charge in [0.25, 0.3) is 0 Å². The quantitative estimate of drug-likeness (QED) is 0.500. The van der Waals surface area contributed by atoms with Crippen molar-refractivity contribution in [1.29, 1.82) is 0 Å². The van der Waals surface area contributed by atoms with E-state index in [4.69, 9.17) is 10.6 Å². The second-order valence-corrected chi connectivity index (χ2v) is 5.25. The first kappa shape index (κ1) is 13.8. The molecule has 0 atom stereocenters. The zero-order valence-corrected chi connectivity index (χ0v) is 10.4. The van der Waals surface area contributed by atoms with Gasteiger partial charge in [-0.1, -0.05) is 0 Å². The molecule has 0 saturated carbocycles. The fourth-order valence-corrected chi connectivity index (χ4v) is 2.09. The minimum absolute atomic E-state index is 0.00935. The molecule has 0 aromatic carbocycles. The summed E-state index contributed by atoms with van der Waals surface area (Å²) in [6.07, 6.45) is 2.39. The minimum atomic E-state index is -3.58. The molecular weight excluding hydrogens is 246 g/mol. The number of methoxy groups -OCH3 is 1. The third-order valence-corrected chi connectivity index (χ3v) is 3.89. The molecule has 0 spiro atoms. The standard InChI is InChI=1S/C8H15N5O3S/c1-13(3-4-16-2)17(14,15)7-5-10-8(12-9)11-6-7/h5-6H,3-4,9H2,1-2H3,(H,10,11,12). The molecule has 0 unspecified atom stereocenters. The number of rotatable bonds is 6. The van der Waals surface area contributed by atoms with Crippen molar-refractivity contribution in [2.75, 3.05) is 32.7 Å². The van der Waals surface area contributed by atoms with Gasteiger partial charge in [-0.25, -0.2) is 24.2 Å². The first-order chi connectivity index (χ1) is 8.02. The fourth-order valence-electron chi connectivity index (χ4n) is 1.04. The van der Waals surface area contributed by atoms with Crippen LogP contribution in [0.4, 0.5) is 5.95 Å². The van der Waals surface area contributed by atoms with Gasteiger partial charge in [-0.3, -0.25) is 5.43 Å². The Kier molecular flexibility index (Phi) is 4.75. The molecular formula is C8H15N5O3S. The number of hydrogen-bond donors (Lipinski definition) is 2. The summed E-state index contributed by atoms with van der Waals surface area (Å²) in [7, 11) is -0.609. The molecule has 0 aliphatic carbocycles. The Bertz CT molecular complexity index is 447. The predicted molar refractivity (Wildman–Crippen MR) is 61.5 cm³/mol. The molecule has 0 aliphatic rings. The van der Waals surface area contributed by atoms with Gasteiger partial charge in [0.15, 0.2) is 0 Å². The maximum absolute atomic E-state index is 12.0. The number of nitrogens with zero attached hydrogens (tertiary/aromatic N) is 3.